The molecule has 1 aliphatic heterocycles. The van der Waals surface area contributed by atoms with Crippen molar-refractivity contribution in [2.24, 2.45) is 0 Å². The van der Waals surface area contributed by atoms with Gasteiger partial charge in [-0.1, -0.05) is 36.5 Å². The zero-order valence-corrected chi connectivity index (χ0v) is 18.4. The Morgan fingerprint density at radius 1 is 1.20 bits per heavy atom. The lowest BCUT2D eigenvalue weighted by Gasteiger charge is -2.23. The van der Waals surface area contributed by atoms with Crippen LogP contribution in [-0.2, 0) is 22.4 Å². The molecule has 1 unspecified atom stereocenters. The number of nitrogens with zero attached hydrogens (tertiary/aromatic N) is 2. The highest BCUT2D eigenvalue weighted by atomic mass is 32.1. The number of amides is 1. The van der Waals surface area contributed by atoms with Crippen LogP contribution in [0.3, 0.4) is 0 Å². The first-order chi connectivity index (χ1) is 14.7. The number of hydrogen-bond donors (Lipinski definition) is 0. The Balaban J connectivity index is 1.57. The number of thiazole rings is 1. The van der Waals surface area contributed by atoms with Gasteiger partial charge in [0.05, 0.1) is 35.9 Å². The van der Waals surface area contributed by atoms with Crippen LogP contribution >= 0.6 is 11.3 Å². The molecule has 0 spiro atoms. The number of carbonyl (C=O) groups excluding carboxylic acids is 1. The fourth-order valence-electron chi connectivity index (χ4n) is 3.71. The molecule has 1 aromatic heterocycles. The van der Waals surface area contributed by atoms with Crippen molar-refractivity contribution in [1.82, 2.24) is 4.98 Å². The molecule has 5 nitrogen and oxygen atoms in total. The number of anilines is 1. The predicted octanol–water partition coefficient (Wildman–Crippen LogP) is 5.01. The van der Waals surface area contributed by atoms with Crippen LogP contribution in [0.2, 0.25) is 0 Å². The Labute approximate surface area is 181 Å². The molecule has 0 bridgehead atoms. The Bertz CT molecular complexity index is 993. The first-order valence-electron chi connectivity index (χ1n) is 10.7. The second-order valence-corrected chi connectivity index (χ2v) is 8.55. The van der Waals surface area contributed by atoms with Gasteiger partial charge in [0.2, 0.25) is 5.91 Å². The van der Waals surface area contributed by atoms with Gasteiger partial charge in [-0.25, -0.2) is 4.98 Å². The van der Waals surface area contributed by atoms with Gasteiger partial charge in [-0.2, -0.15) is 0 Å². The van der Waals surface area contributed by atoms with Crippen molar-refractivity contribution in [3.05, 3.63) is 53.6 Å². The topological polar surface area (TPSA) is 51.7 Å². The lowest BCUT2D eigenvalue weighted by atomic mass is 10.1. The summed E-state index contributed by atoms with van der Waals surface area (Å²) in [5.74, 6) is 0.868. The normalized spacial score (nSPS) is 16.1. The van der Waals surface area contributed by atoms with E-state index in [0.29, 0.717) is 19.6 Å². The third kappa shape index (κ3) is 4.82. The van der Waals surface area contributed by atoms with Crippen LogP contribution in [0.25, 0.3) is 10.2 Å². The van der Waals surface area contributed by atoms with E-state index in [1.807, 2.05) is 36.1 Å². The fourth-order valence-corrected chi connectivity index (χ4v) is 4.77. The molecular weight excluding hydrogens is 396 g/mol. The Morgan fingerprint density at radius 3 is 2.70 bits per heavy atom. The second kappa shape index (κ2) is 9.58. The van der Waals surface area contributed by atoms with Crippen molar-refractivity contribution >= 4 is 32.6 Å². The first kappa shape index (κ1) is 20.8. The lowest BCUT2D eigenvalue weighted by Crippen LogP contribution is -2.38. The highest BCUT2D eigenvalue weighted by Crippen LogP contribution is 2.31. The molecular formula is C24H28N2O3S. The number of rotatable bonds is 8. The van der Waals surface area contributed by atoms with Crippen molar-refractivity contribution in [3.8, 4) is 5.75 Å². The summed E-state index contributed by atoms with van der Waals surface area (Å²) < 4.78 is 12.4. The summed E-state index contributed by atoms with van der Waals surface area (Å²) in [6, 6.07) is 14.1. The van der Waals surface area contributed by atoms with Gasteiger partial charge >= 0.3 is 0 Å². The number of hydrogen-bond acceptors (Lipinski definition) is 5. The number of carbonyl (C=O) groups is 1. The summed E-state index contributed by atoms with van der Waals surface area (Å²) in [6.07, 6.45) is 3.42. The molecule has 1 saturated heterocycles. The summed E-state index contributed by atoms with van der Waals surface area (Å²) >= 11 is 1.58. The second-order valence-electron chi connectivity index (χ2n) is 7.55. The van der Waals surface area contributed by atoms with Crippen LogP contribution in [0.1, 0.15) is 37.8 Å². The molecule has 2 aromatic carbocycles. The monoisotopic (exact) mass is 424 g/mol. The SMILES string of the molecule is CCOc1ccc(CC(=O)N(CC2CCCO2)c2nc3ccc(CC)cc3s2)cc1. The van der Waals surface area contributed by atoms with Gasteiger partial charge in [-0.05, 0) is 61.6 Å². The summed E-state index contributed by atoms with van der Waals surface area (Å²) in [5, 5.41) is 0.754. The Morgan fingerprint density at radius 2 is 2.00 bits per heavy atom. The molecule has 2 heterocycles. The predicted molar refractivity (Wildman–Crippen MR) is 122 cm³/mol. The third-order valence-corrected chi connectivity index (χ3v) is 6.42. The average molecular weight is 425 g/mol. The zero-order chi connectivity index (χ0) is 20.9. The maximum Gasteiger partial charge on any atom is 0.233 e. The summed E-state index contributed by atoms with van der Waals surface area (Å²) in [5.41, 5.74) is 3.19. The minimum atomic E-state index is 0.0458. The minimum absolute atomic E-state index is 0.0458. The van der Waals surface area contributed by atoms with E-state index < -0.39 is 0 Å². The van der Waals surface area contributed by atoms with Crippen molar-refractivity contribution < 1.29 is 14.3 Å². The smallest absolute Gasteiger partial charge is 0.233 e. The molecule has 6 heteroatoms. The van der Waals surface area contributed by atoms with Crippen LogP contribution in [0, 0.1) is 0 Å². The molecule has 1 fully saturated rings. The standard InChI is InChI=1S/C24H28N2O3S/c1-3-17-9-12-21-22(14-17)30-24(25-21)26(16-20-6-5-13-29-20)23(27)15-18-7-10-19(11-8-18)28-4-2/h7-12,14,20H,3-6,13,15-16H2,1-2H3. The molecule has 0 saturated carbocycles. The molecule has 0 N–H and O–H groups in total. The summed E-state index contributed by atoms with van der Waals surface area (Å²) in [4.78, 5) is 19.9. The molecule has 0 aliphatic carbocycles. The highest BCUT2D eigenvalue weighted by molar-refractivity contribution is 7.22. The number of ether oxygens (including phenoxy) is 2. The highest BCUT2D eigenvalue weighted by Gasteiger charge is 2.26. The lowest BCUT2D eigenvalue weighted by molar-refractivity contribution is -0.118. The van der Waals surface area contributed by atoms with E-state index in [2.05, 4.69) is 25.1 Å². The van der Waals surface area contributed by atoms with Gasteiger partial charge in [0.15, 0.2) is 5.13 Å². The molecule has 1 atom stereocenters. The molecule has 1 amide bonds. The van der Waals surface area contributed by atoms with Gasteiger partial charge in [0.1, 0.15) is 5.75 Å². The van der Waals surface area contributed by atoms with Crippen LogP contribution < -0.4 is 9.64 Å². The number of benzene rings is 2. The van der Waals surface area contributed by atoms with Gasteiger partial charge < -0.3 is 9.47 Å². The van der Waals surface area contributed by atoms with E-state index in [-0.39, 0.29) is 12.0 Å². The van der Waals surface area contributed by atoms with E-state index in [4.69, 9.17) is 14.5 Å². The van der Waals surface area contributed by atoms with Crippen molar-refractivity contribution in [2.75, 3.05) is 24.7 Å². The minimum Gasteiger partial charge on any atom is -0.494 e. The first-order valence-corrected chi connectivity index (χ1v) is 11.5. The summed E-state index contributed by atoms with van der Waals surface area (Å²) in [7, 11) is 0. The largest absolute Gasteiger partial charge is 0.494 e. The maximum atomic E-state index is 13.3. The average Bonchev–Trinajstić information content (AvgIpc) is 3.42. The van der Waals surface area contributed by atoms with Crippen molar-refractivity contribution in [1.29, 1.82) is 0 Å². The zero-order valence-electron chi connectivity index (χ0n) is 17.6. The maximum absolute atomic E-state index is 13.3. The fraction of sp³-hybridized carbons (Fsp3) is 0.417. The Hall–Kier alpha value is -2.44. The van der Waals surface area contributed by atoms with Crippen molar-refractivity contribution in [3.63, 3.8) is 0 Å². The number of fused-ring (bicyclic) bond motifs is 1. The van der Waals surface area contributed by atoms with E-state index in [1.165, 1.54) is 5.56 Å². The molecule has 0 radical (unpaired) electrons. The molecule has 30 heavy (non-hydrogen) atoms. The van der Waals surface area contributed by atoms with Gasteiger partial charge in [0.25, 0.3) is 0 Å². The summed E-state index contributed by atoms with van der Waals surface area (Å²) in [6.45, 7) is 6.06. The van der Waals surface area contributed by atoms with Crippen LogP contribution in [0.5, 0.6) is 5.75 Å². The van der Waals surface area contributed by atoms with E-state index >= 15 is 0 Å². The van der Waals surface area contributed by atoms with Gasteiger partial charge in [-0.15, -0.1) is 0 Å². The van der Waals surface area contributed by atoms with E-state index in [0.717, 1.165) is 52.5 Å². The molecule has 4 rings (SSSR count). The van der Waals surface area contributed by atoms with Crippen molar-refractivity contribution in [2.45, 2.75) is 45.6 Å². The third-order valence-electron chi connectivity index (χ3n) is 5.38. The van der Waals surface area contributed by atoms with Crippen LogP contribution in [0.15, 0.2) is 42.5 Å². The van der Waals surface area contributed by atoms with Gasteiger partial charge in [-0.3, -0.25) is 9.69 Å². The van der Waals surface area contributed by atoms with E-state index in [1.54, 1.807) is 11.3 Å². The van der Waals surface area contributed by atoms with Crippen LogP contribution in [0.4, 0.5) is 5.13 Å². The molecule has 1 aliphatic rings. The molecule has 3 aromatic rings. The Kier molecular flexibility index (Phi) is 6.65. The number of aryl methyl sites for hydroxylation is 1. The number of aromatic nitrogens is 1. The van der Waals surface area contributed by atoms with Crippen LogP contribution in [-0.4, -0.2) is 36.8 Å². The van der Waals surface area contributed by atoms with Gasteiger partial charge in [0, 0.05) is 6.61 Å². The quantitative estimate of drug-likeness (QED) is 0.510. The van der Waals surface area contributed by atoms with E-state index in [9.17, 15) is 4.79 Å². The molecule has 158 valence electrons.